The zero-order chi connectivity index (χ0) is 14.2. The lowest BCUT2D eigenvalue weighted by Crippen LogP contribution is -2.62. The number of nitrogens with zero attached hydrogens (tertiary/aromatic N) is 2. The summed E-state index contributed by atoms with van der Waals surface area (Å²) in [6.45, 7) is 4.22. The molecule has 1 aromatic heterocycles. The molecular formula is C14H22ClN3O3. The second-order valence-corrected chi connectivity index (χ2v) is 5.95. The van der Waals surface area contributed by atoms with Crippen LogP contribution in [0.1, 0.15) is 35.5 Å². The number of aliphatic hydroxyl groups is 1. The minimum absolute atomic E-state index is 0. The van der Waals surface area contributed by atoms with Crippen LogP contribution in [0, 0.1) is 12.3 Å². The number of amides is 1. The number of carbonyl (C=O) groups excluding carboxylic acids is 1. The van der Waals surface area contributed by atoms with E-state index in [0.717, 1.165) is 25.8 Å². The highest BCUT2D eigenvalue weighted by Gasteiger charge is 2.45. The van der Waals surface area contributed by atoms with Crippen LogP contribution in [0.2, 0.25) is 0 Å². The summed E-state index contributed by atoms with van der Waals surface area (Å²) in [6.07, 6.45) is 2.96. The van der Waals surface area contributed by atoms with E-state index < -0.39 is 0 Å². The van der Waals surface area contributed by atoms with Crippen LogP contribution >= 0.6 is 12.4 Å². The van der Waals surface area contributed by atoms with Gasteiger partial charge in [0.05, 0.1) is 6.61 Å². The Hall–Kier alpha value is -1.11. The van der Waals surface area contributed by atoms with Crippen molar-refractivity contribution in [2.45, 2.75) is 32.2 Å². The Labute approximate surface area is 130 Å². The van der Waals surface area contributed by atoms with Crippen LogP contribution in [0.5, 0.6) is 0 Å². The molecule has 21 heavy (non-hydrogen) atoms. The van der Waals surface area contributed by atoms with Crippen LogP contribution in [-0.4, -0.2) is 53.4 Å². The molecule has 3 heterocycles. The van der Waals surface area contributed by atoms with Gasteiger partial charge in [0.1, 0.15) is 5.76 Å². The van der Waals surface area contributed by atoms with Crippen LogP contribution < -0.4 is 5.32 Å². The van der Waals surface area contributed by atoms with Crippen molar-refractivity contribution in [2.24, 2.45) is 5.41 Å². The number of likely N-dealkylation sites (tertiary alicyclic amines) is 1. The number of aliphatic hydroxyl groups excluding tert-OH is 1. The third kappa shape index (κ3) is 2.93. The summed E-state index contributed by atoms with van der Waals surface area (Å²) < 4.78 is 4.97. The van der Waals surface area contributed by atoms with E-state index >= 15 is 0 Å². The largest absolute Gasteiger partial charge is 0.396 e. The quantitative estimate of drug-likeness (QED) is 0.850. The summed E-state index contributed by atoms with van der Waals surface area (Å²) in [4.78, 5) is 14.2. The summed E-state index contributed by atoms with van der Waals surface area (Å²) >= 11 is 0. The molecule has 1 amide bonds. The van der Waals surface area contributed by atoms with Crippen molar-refractivity contribution in [3.63, 3.8) is 0 Å². The topological polar surface area (TPSA) is 78.6 Å². The van der Waals surface area contributed by atoms with Crippen molar-refractivity contribution >= 4 is 18.3 Å². The van der Waals surface area contributed by atoms with E-state index in [1.54, 1.807) is 13.0 Å². The normalized spacial score (nSPS) is 28.7. The molecule has 0 aromatic carbocycles. The molecule has 0 spiro atoms. The molecule has 2 aliphatic rings. The standard InChI is InChI=1S/C14H21N3O3.ClH/c1-10-7-11(16-20-10)13(19)17-6-4-14(9-18)3-2-5-15-12(14)8-17;/h7,12,15,18H,2-6,8-9H2,1H3;1H/t12-,14-;/m1./s1. The number of fused-ring (bicyclic) bond motifs is 1. The summed E-state index contributed by atoms with van der Waals surface area (Å²) in [6, 6.07) is 1.84. The molecular weight excluding hydrogens is 294 g/mol. The van der Waals surface area contributed by atoms with Crippen molar-refractivity contribution in [2.75, 3.05) is 26.2 Å². The minimum atomic E-state index is -0.0826. The molecule has 6 nitrogen and oxygen atoms in total. The maximum Gasteiger partial charge on any atom is 0.276 e. The Balaban J connectivity index is 0.00000161. The van der Waals surface area contributed by atoms with Gasteiger partial charge in [-0.2, -0.15) is 0 Å². The van der Waals surface area contributed by atoms with E-state index in [1.165, 1.54) is 0 Å². The van der Waals surface area contributed by atoms with E-state index in [1.807, 2.05) is 4.90 Å². The van der Waals surface area contributed by atoms with Gasteiger partial charge in [0.25, 0.3) is 5.91 Å². The number of aryl methyl sites for hydroxylation is 1. The SMILES string of the molecule is Cc1cc(C(=O)N2CC[C@@]3(CO)CCCN[C@@H]3C2)no1.Cl. The highest BCUT2D eigenvalue weighted by Crippen LogP contribution is 2.38. The molecule has 2 saturated heterocycles. The van der Waals surface area contributed by atoms with Crippen molar-refractivity contribution in [1.82, 2.24) is 15.4 Å². The molecule has 1 aromatic rings. The number of aromatic nitrogens is 1. The molecule has 0 unspecified atom stereocenters. The van der Waals surface area contributed by atoms with Gasteiger partial charge in [0.2, 0.25) is 0 Å². The molecule has 0 bridgehead atoms. The van der Waals surface area contributed by atoms with Gasteiger partial charge in [-0.1, -0.05) is 5.16 Å². The van der Waals surface area contributed by atoms with E-state index in [4.69, 9.17) is 4.52 Å². The predicted octanol–water partition coefficient (Wildman–Crippen LogP) is 0.981. The van der Waals surface area contributed by atoms with Crippen molar-refractivity contribution in [3.8, 4) is 0 Å². The molecule has 3 rings (SSSR count). The van der Waals surface area contributed by atoms with E-state index in [9.17, 15) is 9.90 Å². The molecule has 7 heteroatoms. The maximum atomic E-state index is 12.4. The number of carbonyl (C=O) groups is 1. The van der Waals surface area contributed by atoms with Gasteiger partial charge < -0.3 is 19.8 Å². The highest BCUT2D eigenvalue weighted by molar-refractivity contribution is 5.92. The van der Waals surface area contributed by atoms with Gasteiger partial charge in [0, 0.05) is 30.6 Å². The number of hydrogen-bond donors (Lipinski definition) is 2. The Morgan fingerprint density at radius 1 is 1.62 bits per heavy atom. The highest BCUT2D eigenvalue weighted by atomic mass is 35.5. The fraction of sp³-hybridized carbons (Fsp3) is 0.714. The second-order valence-electron chi connectivity index (χ2n) is 5.95. The maximum absolute atomic E-state index is 12.4. The van der Waals surface area contributed by atoms with Crippen molar-refractivity contribution in [1.29, 1.82) is 0 Å². The number of hydrogen-bond acceptors (Lipinski definition) is 5. The van der Waals surface area contributed by atoms with Gasteiger partial charge in [0.15, 0.2) is 5.69 Å². The van der Waals surface area contributed by atoms with E-state index in [2.05, 4.69) is 10.5 Å². The fourth-order valence-corrected chi connectivity index (χ4v) is 3.42. The molecule has 2 N–H and O–H groups in total. The summed E-state index contributed by atoms with van der Waals surface area (Å²) in [5, 5.41) is 17.0. The lowest BCUT2D eigenvalue weighted by atomic mass is 9.70. The van der Waals surface area contributed by atoms with E-state index in [0.29, 0.717) is 24.5 Å². The molecule has 118 valence electrons. The Morgan fingerprint density at radius 2 is 2.43 bits per heavy atom. The number of nitrogens with one attached hydrogen (secondary N) is 1. The van der Waals surface area contributed by atoms with Gasteiger partial charge in [-0.25, -0.2) is 0 Å². The van der Waals surface area contributed by atoms with Gasteiger partial charge in [-0.15, -0.1) is 12.4 Å². The van der Waals surface area contributed by atoms with Crippen LogP contribution in [0.25, 0.3) is 0 Å². The minimum Gasteiger partial charge on any atom is -0.396 e. The second kappa shape index (κ2) is 6.34. The first-order valence-corrected chi connectivity index (χ1v) is 7.21. The summed E-state index contributed by atoms with van der Waals surface area (Å²) in [5.41, 5.74) is 0.309. The molecule has 2 fully saturated rings. The number of rotatable bonds is 2. The third-order valence-corrected chi connectivity index (χ3v) is 4.71. The zero-order valence-corrected chi connectivity index (χ0v) is 13.0. The first kappa shape index (κ1) is 16.3. The fourth-order valence-electron chi connectivity index (χ4n) is 3.42. The molecule has 2 atom stereocenters. The van der Waals surface area contributed by atoms with E-state index in [-0.39, 0.29) is 36.4 Å². The lowest BCUT2D eigenvalue weighted by molar-refractivity contribution is -0.00909. The molecule has 0 aliphatic carbocycles. The van der Waals surface area contributed by atoms with Crippen LogP contribution in [0.15, 0.2) is 10.6 Å². The number of piperidine rings is 2. The number of halogens is 1. The molecule has 0 saturated carbocycles. The van der Waals surface area contributed by atoms with Crippen LogP contribution in [0.4, 0.5) is 0 Å². The van der Waals surface area contributed by atoms with Crippen molar-refractivity contribution in [3.05, 3.63) is 17.5 Å². The average molecular weight is 316 g/mol. The molecule has 0 radical (unpaired) electrons. The van der Waals surface area contributed by atoms with Crippen LogP contribution in [-0.2, 0) is 0 Å². The van der Waals surface area contributed by atoms with Gasteiger partial charge in [-0.3, -0.25) is 4.79 Å². The van der Waals surface area contributed by atoms with Gasteiger partial charge in [-0.05, 0) is 32.7 Å². The Morgan fingerprint density at radius 3 is 3.10 bits per heavy atom. The lowest BCUT2D eigenvalue weighted by Gasteiger charge is -2.50. The first-order chi connectivity index (χ1) is 9.64. The predicted molar refractivity (Wildman–Crippen MR) is 79.6 cm³/mol. The van der Waals surface area contributed by atoms with Gasteiger partial charge >= 0.3 is 0 Å². The third-order valence-electron chi connectivity index (χ3n) is 4.71. The average Bonchev–Trinajstić information content (AvgIpc) is 2.92. The van der Waals surface area contributed by atoms with Crippen LogP contribution in [0.3, 0.4) is 0 Å². The summed E-state index contributed by atoms with van der Waals surface area (Å²) in [7, 11) is 0. The molecule has 2 aliphatic heterocycles. The first-order valence-electron chi connectivity index (χ1n) is 7.21. The summed E-state index contributed by atoms with van der Waals surface area (Å²) in [5.74, 6) is 0.562. The Kier molecular flexibility index (Phi) is 4.91. The zero-order valence-electron chi connectivity index (χ0n) is 12.2. The monoisotopic (exact) mass is 315 g/mol. The van der Waals surface area contributed by atoms with Crippen molar-refractivity contribution < 1.29 is 14.4 Å². The smallest absolute Gasteiger partial charge is 0.276 e. The Bertz CT molecular complexity index is 507.